The van der Waals surface area contributed by atoms with Crippen LogP contribution in [0, 0.1) is 0 Å². The number of ether oxygens (including phenoxy) is 2. The topological polar surface area (TPSA) is 80.9 Å². The number of nitrogens with zero attached hydrogens (tertiary/aromatic N) is 3. The van der Waals surface area contributed by atoms with Crippen molar-refractivity contribution in [3.8, 4) is 5.75 Å². The minimum Gasteiger partial charge on any atom is -0.491 e. The Balaban J connectivity index is 1.57. The van der Waals surface area contributed by atoms with E-state index in [-0.39, 0.29) is 0 Å². The highest BCUT2D eigenvalue weighted by Crippen LogP contribution is 2.29. The van der Waals surface area contributed by atoms with Gasteiger partial charge in [-0.25, -0.2) is 0 Å². The van der Waals surface area contributed by atoms with Crippen LogP contribution in [0.15, 0.2) is 48.8 Å². The molecule has 2 aromatic rings. The van der Waals surface area contributed by atoms with Crippen LogP contribution in [0.4, 0.5) is 11.4 Å². The molecule has 1 aliphatic rings. The zero-order valence-electron chi connectivity index (χ0n) is 15.6. The van der Waals surface area contributed by atoms with Gasteiger partial charge >= 0.3 is 5.97 Å². The predicted molar refractivity (Wildman–Crippen MR) is 105 cm³/mol. The van der Waals surface area contributed by atoms with Crippen LogP contribution in [0.25, 0.3) is 0 Å². The van der Waals surface area contributed by atoms with Crippen LogP contribution < -0.4 is 20.3 Å². The molecule has 0 spiro atoms. The molecule has 1 aromatic carbocycles. The lowest BCUT2D eigenvalue weighted by Gasteiger charge is -2.37. The molecule has 0 saturated carbocycles. The van der Waals surface area contributed by atoms with Gasteiger partial charge in [-0.3, -0.25) is 9.78 Å². The number of benzene rings is 1. The van der Waals surface area contributed by atoms with E-state index >= 15 is 0 Å². The summed E-state index contributed by atoms with van der Waals surface area (Å²) in [6, 6.07) is 11.4. The first-order chi connectivity index (χ1) is 13.2. The second-order valence-electron chi connectivity index (χ2n) is 6.41. The largest absolute Gasteiger partial charge is 0.491 e. The van der Waals surface area contributed by atoms with E-state index < -0.39 is 12.0 Å². The summed E-state index contributed by atoms with van der Waals surface area (Å²) < 4.78 is 10.6. The number of hydrogen-bond acceptors (Lipinski definition) is 7. The fraction of sp³-hybridized carbons (Fsp3) is 0.400. The Bertz CT molecular complexity index is 733. The molecule has 1 aliphatic heterocycles. The van der Waals surface area contributed by atoms with Crippen LogP contribution in [-0.2, 0) is 9.53 Å². The number of esters is 1. The highest BCUT2D eigenvalue weighted by molar-refractivity contribution is 5.75. The van der Waals surface area contributed by atoms with Gasteiger partial charge in [-0.15, -0.1) is 0 Å². The lowest BCUT2D eigenvalue weighted by molar-refractivity contribution is -0.142. The van der Waals surface area contributed by atoms with Gasteiger partial charge < -0.3 is 25.0 Å². The first-order valence-corrected chi connectivity index (χ1v) is 9.14. The van der Waals surface area contributed by atoms with Gasteiger partial charge in [0.1, 0.15) is 11.8 Å². The van der Waals surface area contributed by atoms with Crippen molar-refractivity contribution >= 4 is 17.3 Å². The molecule has 1 unspecified atom stereocenters. The van der Waals surface area contributed by atoms with Gasteiger partial charge in [0.05, 0.1) is 19.4 Å². The molecule has 1 aromatic heterocycles. The Labute approximate surface area is 159 Å². The Morgan fingerprint density at radius 2 is 1.78 bits per heavy atom. The molecule has 1 atom stereocenters. The van der Waals surface area contributed by atoms with Crippen LogP contribution in [0.3, 0.4) is 0 Å². The average molecular weight is 370 g/mol. The number of methoxy groups -OCH3 is 1. The maximum absolute atomic E-state index is 11.4. The molecule has 3 rings (SSSR count). The van der Waals surface area contributed by atoms with Crippen molar-refractivity contribution in [2.24, 2.45) is 5.73 Å². The number of pyridine rings is 1. The summed E-state index contributed by atoms with van der Waals surface area (Å²) in [6.07, 6.45) is 4.06. The third-order valence-corrected chi connectivity index (χ3v) is 4.70. The minimum atomic E-state index is -0.661. The van der Waals surface area contributed by atoms with Crippen molar-refractivity contribution in [2.75, 3.05) is 49.7 Å². The number of carbonyl (C=O) groups is 1. The number of piperazine rings is 1. The zero-order valence-corrected chi connectivity index (χ0v) is 15.6. The Morgan fingerprint density at radius 3 is 2.48 bits per heavy atom. The van der Waals surface area contributed by atoms with E-state index in [1.807, 2.05) is 42.7 Å². The summed E-state index contributed by atoms with van der Waals surface area (Å²) in [7, 11) is 1.34. The molecule has 7 heteroatoms. The predicted octanol–water partition coefficient (Wildman–Crippen LogP) is 1.68. The van der Waals surface area contributed by atoms with E-state index in [0.29, 0.717) is 13.0 Å². The first kappa shape index (κ1) is 19.0. The standard InChI is InChI=1S/C20H26N4O3/c1-26-20(25)17(21)8-15-27-19-5-3-2-4-18(19)24-13-11-23(12-14-24)16-6-9-22-10-7-16/h2-7,9-10,17H,8,11-15,21H2,1H3. The molecule has 0 amide bonds. The summed E-state index contributed by atoms with van der Waals surface area (Å²) in [6.45, 7) is 4.05. The highest BCUT2D eigenvalue weighted by Gasteiger charge is 2.20. The summed E-state index contributed by atoms with van der Waals surface area (Å²) in [5.41, 5.74) is 8.04. The van der Waals surface area contributed by atoms with E-state index in [9.17, 15) is 4.79 Å². The Kier molecular flexibility index (Phi) is 6.49. The quantitative estimate of drug-likeness (QED) is 0.743. The van der Waals surface area contributed by atoms with Gasteiger partial charge in [0.15, 0.2) is 0 Å². The SMILES string of the molecule is COC(=O)C(N)CCOc1ccccc1N1CCN(c2ccncc2)CC1. The van der Waals surface area contributed by atoms with Gasteiger partial charge in [0, 0.05) is 50.7 Å². The van der Waals surface area contributed by atoms with Crippen molar-refractivity contribution in [3.63, 3.8) is 0 Å². The molecule has 1 saturated heterocycles. The number of nitrogens with two attached hydrogens (primary N) is 1. The molecule has 27 heavy (non-hydrogen) atoms. The number of carbonyl (C=O) groups excluding carboxylic acids is 1. The molecule has 2 heterocycles. The Hall–Kier alpha value is -2.80. The molecule has 0 bridgehead atoms. The number of hydrogen-bond donors (Lipinski definition) is 1. The highest BCUT2D eigenvalue weighted by atomic mass is 16.5. The summed E-state index contributed by atoms with van der Waals surface area (Å²) in [5, 5.41) is 0. The molecular formula is C20H26N4O3. The van der Waals surface area contributed by atoms with Gasteiger partial charge in [-0.05, 0) is 24.3 Å². The van der Waals surface area contributed by atoms with Gasteiger partial charge in [-0.2, -0.15) is 0 Å². The van der Waals surface area contributed by atoms with Gasteiger partial charge in [0.25, 0.3) is 0 Å². The molecule has 2 N–H and O–H groups in total. The van der Waals surface area contributed by atoms with Crippen LogP contribution in [0.2, 0.25) is 0 Å². The normalized spacial score (nSPS) is 15.3. The van der Waals surface area contributed by atoms with Crippen LogP contribution in [0.1, 0.15) is 6.42 Å². The number of aromatic nitrogens is 1. The van der Waals surface area contributed by atoms with E-state index in [1.165, 1.54) is 12.8 Å². The molecule has 0 aliphatic carbocycles. The monoisotopic (exact) mass is 370 g/mol. The van der Waals surface area contributed by atoms with Gasteiger partial charge in [-0.1, -0.05) is 12.1 Å². The minimum absolute atomic E-state index is 0.365. The third kappa shape index (κ3) is 4.89. The lowest BCUT2D eigenvalue weighted by Crippen LogP contribution is -2.46. The fourth-order valence-electron chi connectivity index (χ4n) is 3.17. The molecule has 144 valence electrons. The van der Waals surface area contributed by atoms with Crippen molar-refractivity contribution in [2.45, 2.75) is 12.5 Å². The zero-order chi connectivity index (χ0) is 19.1. The van der Waals surface area contributed by atoms with Crippen molar-refractivity contribution in [1.82, 2.24) is 4.98 Å². The number of para-hydroxylation sites is 2. The van der Waals surface area contributed by atoms with Crippen LogP contribution in [0.5, 0.6) is 5.75 Å². The van der Waals surface area contributed by atoms with Crippen LogP contribution >= 0.6 is 0 Å². The van der Waals surface area contributed by atoms with E-state index in [4.69, 9.17) is 10.5 Å². The summed E-state index contributed by atoms with van der Waals surface area (Å²) in [5.74, 6) is 0.394. The van der Waals surface area contributed by atoms with Crippen molar-refractivity contribution in [1.29, 1.82) is 0 Å². The molecule has 1 fully saturated rings. The van der Waals surface area contributed by atoms with Crippen LogP contribution in [-0.4, -0.2) is 56.9 Å². The number of anilines is 2. The fourth-order valence-corrected chi connectivity index (χ4v) is 3.17. The molecule has 0 radical (unpaired) electrons. The average Bonchev–Trinajstić information content (AvgIpc) is 2.74. The maximum Gasteiger partial charge on any atom is 0.322 e. The van der Waals surface area contributed by atoms with E-state index in [2.05, 4.69) is 25.6 Å². The Morgan fingerprint density at radius 1 is 1.11 bits per heavy atom. The second kappa shape index (κ2) is 9.23. The molecule has 7 nitrogen and oxygen atoms in total. The van der Waals surface area contributed by atoms with E-state index in [1.54, 1.807) is 0 Å². The first-order valence-electron chi connectivity index (χ1n) is 9.14. The third-order valence-electron chi connectivity index (χ3n) is 4.70. The lowest BCUT2D eigenvalue weighted by atomic mass is 10.2. The number of rotatable bonds is 7. The maximum atomic E-state index is 11.4. The smallest absolute Gasteiger partial charge is 0.322 e. The summed E-state index contributed by atoms with van der Waals surface area (Å²) >= 11 is 0. The van der Waals surface area contributed by atoms with E-state index in [0.717, 1.165) is 37.6 Å². The molecular weight excluding hydrogens is 344 g/mol. The van der Waals surface area contributed by atoms with Gasteiger partial charge in [0.2, 0.25) is 0 Å². The van der Waals surface area contributed by atoms with Crippen molar-refractivity contribution < 1.29 is 14.3 Å². The second-order valence-corrected chi connectivity index (χ2v) is 6.41. The summed E-state index contributed by atoms with van der Waals surface area (Å²) in [4.78, 5) is 20.2. The van der Waals surface area contributed by atoms with Crippen molar-refractivity contribution in [3.05, 3.63) is 48.8 Å².